The Bertz CT molecular complexity index is 285. The van der Waals surface area contributed by atoms with Crippen LogP contribution in [0.5, 0.6) is 5.75 Å². The van der Waals surface area contributed by atoms with E-state index in [1.54, 1.807) is 38.3 Å². The molecule has 0 fully saturated rings. The molecule has 0 aliphatic carbocycles. The summed E-state index contributed by atoms with van der Waals surface area (Å²) < 4.78 is 4.96. The Morgan fingerprint density at radius 2 is 1.79 bits per heavy atom. The van der Waals surface area contributed by atoms with Crippen molar-refractivity contribution in [2.75, 3.05) is 7.11 Å². The topological polar surface area (TPSA) is 44.6 Å². The minimum Gasteiger partial charge on any atom is -0.792 e. The van der Waals surface area contributed by atoms with Gasteiger partial charge >= 0.3 is 18.9 Å². The molecule has 0 bridgehead atoms. The summed E-state index contributed by atoms with van der Waals surface area (Å²) in [5.74, 6) is 0.775. The Kier molecular flexibility index (Phi) is 9.25. The normalized spacial score (nSPS) is 9.71. The maximum Gasteiger partial charge on any atom is 1.00 e. The molecular weight excluding hydrogens is 168 g/mol. The van der Waals surface area contributed by atoms with E-state index >= 15 is 0 Å². The van der Waals surface area contributed by atoms with E-state index in [0.29, 0.717) is 5.71 Å². The molecule has 5 heteroatoms. The number of rotatable bonds is 2. The first-order chi connectivity index (χ1) is 5.77. The monoisotopic (exact) mass is 178 g/mol. The molecule has 0 saturated carbocycles. The zero-order valence-corrected chi connectivity index (χ0v) is 9.07. The molecule has 1 aromatic rings. The molecule has 0 heterocycles. The summed E-state index contributed by atoms with van der Waals surface area (Å²) in [5, 5.41) is 13.0. The van der Waals surface area contributed by atoms with Crippen molar-refractivity contribution in [3.8, 4) is 5.75 Å². The van der Waals surface area contributed by atoms with E-state index in [1.807, 2.05) is 0 Å². The molecule has 0 saturated heterocycles. The van der Waals surface area contributed by atoms with Gasteiger partial charge in [0.05, 0.1) is 7.11 Å². The second-order valence-electron chi connectivity index (χ2n) is 2.41. The number of hydrogen-bond acceptors (Lipinski definition) is 3. The van der Waals surface area contributed by atoms with Crippen molar-refractivity contribution in [2.24, 2.45) is 5.16 Å². The molecular formula is C9H10Li2NO2. The second-order valence-corrected chi connectivity index (χ2v) is 2.41. The van der Waals surface area contributed by atoms with Gasteiger partial charge in [-0.15, -0.1) is 0 Å². The van der Waals surface area contributed by atoms with Crippen LogP contribution >= 0.6 is 0 Å². The number of methoxy groups -OCH3 is 1. The molecule has 1 rings (SSSR count). The summed E-state index contributed by atoms with van der Waals surface area (Å²) in [6, 6.07) is 7.19. The molecule has 0 atom stereocenters. The first-order valence-corrected chi connectivity index (χ1v) is 3.59. The molecule has 65 valence electrons. The van der Waals surface area contributed by atoms with Gasteiger partial charge in [0.25, 0.3) is 0 Å². The summed E-state index contributed by atoms with van der Waals surface area (Å²) in [6.45, 7) is 1.68. The molecule has 1 aromatic carbocycles. The minimum absolute atomic E-state index is 0. The van der Waals surface area contributed by atoms with Crippen molar-refractivity contribution in [1.82, 2.24) is 0 Å². The van der Waals surface area contributed by atoms with E-state index < -0.39 is 0 Å². The predicted octanol–water partition coefficient (Wildman–Crippen LogP) is -1.37. The minimum atomic E-state index is 0. The molecule has 0 aliphatic heterocycles. The van der Waals surface area contributed by atoms with Gasteiger partial charge < -0.3 is 15.1 Å². The van der Waals surface area contributed by atoms with Gasteiger partial charge in [-0.1, -0.05) is 0 Å². The predicted molar refractivity (Wildman–Crippen MR) is 54.3 cm³/mol. The van der Waals surface area contributed by atoms with Crippen LogP contribution in [0.1, 0.15) is 12.5 Å². The van der Waals surface area contributed by atoms with E-state index in [-0.39, 0.29) is 37.7 Å². The fraction of sp³-hybridized carbons (Fsp3) is 0.222. The summed E-state index contributed by atoms with van der Waals surface area (Å²) >= 11 is 0. The summed E-state index contributed by atoms with van der Waals surface area (Å²) in [4.78, 5) is 0. The Labute approximate surface area is 108 Å². The van der Waals surface area contributed by atoms with E-state index in [1.165, 1.54) is 0 Å². The molecule has 0 aliphatic rings. The average molecular weight is 178 g/mol. The van der Waals surface area contributed by atoms with Crippen molar-refractivity contribution >= 4 is 24.6 Å². The molecule has 1 radical (unpaired) electrons. The molecule has 0 N–H and O–H groups in total. The maximum absolute atomic E-state index is 10.1. The Morgan fingerprint density at radius 3 is 2.14 bits per heavy atom. The Balaban J connectivity index is 0. The van der Waals surface area contributed by atoms with Crippen LogP contribution in [0.2, 0.25) is 0 Å². The van der Waals surface area contributed by atoms with Gasteiger partial charge in [-0.25, -0.2) is 0 Å². The van der Waals surface area contributed by atoms with Gasteiger partial charge in [0, 0.05) is 24.6 Å². The summed E-state index contributed by atoms with van der Waals surface area (Å²) in [7, 11) is 1.60. The number of hydrogen-bond donors (Lipinski definition) is 0. The molecule has 0 amide bonds. The van der Waals surface area contributed by atoms with Crippen LogP contribution in [0.4, 0.5) is 0 Å². The van der Waals surface area contributed by atoms with Crippen molar-refractivity contribution in [1.29, 1.82) is 0 Å². The van der Waals surface area contributed by atoms with Crippen molar-refractivity contribution in [3.05, 3.63) is 35.0 Å². The number of ether oxygens (including phenoxy) is 1. The smallest absolute Gasteiger partial charge is 0.792 e. The van der Waals surface area contributed by atoms with Gasteiger partial charge in [-0.2, -0.15) is 0 Å². The third-order valence-corrected chi connectivity index (χ3v) is 1.64. The van der Waals surface area contributed by atoms with Gasteiger partial charge in [0.1, 0.15) is 5.75 Å². The molecule has 0 aromatic heterocycles. The zero-order chi connectivity index (χ0) is 8.97. The van der Waals surface area contributed by atoms with Crippen LogP contribution in [-0.4, -0.2) is 31.7 Å². The Hall–Kier alpha value is -0.315. The molecule has 0 spiro atoms. The second kappa shape index (κ2) is 8.03. The Morgan fingerprint density at radius 1 is 1.29 bits per heavy atom. The van der Waals surface area contributed by atoms with Crippen molar-refractivity contribution < 1.29 is 23.6 Å². The van der Waals surface area contributed by atoms with Gasteiger partial charge in [-0.05, 0) is 36.8 Å². The molecule has 0 unspecified atom stereocenters. The molecule has 3 nitrogen and oxygen atoms in total. The third kappa shape index (κ3) is 4.27. The fourth-order valence-corrected chi connectivity index (χ4v) is 0.885. The van der Waals surface area contributed by atoms with E-state index in [9.17, 15) is 5.21 Å². The SMILES string of the molecule is COc1ccc(/C(C)=N\[O-])cc1.[Li+].[Li]. The summed E-state index contributed by atoms with van der Waals surface area (Å²) in [6.07, 6.45) is 0. The van der Waals surface area contributed by atoms with Crippen molar-refractivity contribution in [2.45, 2.75) is 6.92 Å². The zero-order valence-electron chi connectivity index (χ0n) is 9.07. The van der Waals surface area contributed by atoms with Crippen molar-refractivity contribution in [3.63, 3.8) is 0 Å². The van der Waals surface area contributed by atoms with E-state index in [0.717, 1.165) is 11.3 Å². The molecule has 14 heavy (non-hydrogen) atoms. The van der Waals surface area contributed by atoms with Crippen LogP contribution in [0.3, 0.4) is 0 Å². The fourth-order valence-electron chi connectivity index (χ4n) is 0.885. The van der Waals surface area contributed by atoms with Crippen LogP contribution in [-0.2, 0) is 0 Å². The van der Waals surface area contributed by atoms with Gasteiger partial charge in [0.2, 0.25) is 0 Å². The third-order valence-electron chi connectivity index (χ3n) is 1.64. The van der Waals surface area contributed by atoms with E-state index in [2.05, 4.69) is 5.16 Å². The van der Waals surface area contributed by atoms with Gasteiger partial charge in [0.15, 0.2) is 0 Å². The first-order valence-electron chi connectivity index (χ1n) is 3.59. The average Bonchev–Trinajstić information content (AvgIpc) is 2.17. The summed E-state index contributed by atoms with van der Waals surface area (Å²) in [5.41, 5.74) is 1.31. The standard InChI is InChI=1S/C9H11NO2.2Li/c1-7(10-11)8-3-5-9(12-2)6-4-8;;/h3-6,11H,1-2H3;;/q;;+1/p-1/b10-7-;;. The van der Waals surface area contributed by atoms with Gasteiger partial charge in [-0.3, -0.25) is 0 Å². The number of benzene rings is 1. The quantitative estimate of drug-likeness (QED) is 0.318. The van der Waals surface area contributed by atoms with Crippen LogP contribution in [0.25, 0.3) is 0 Å². The van der Waals surface area contributed by atoms with Crippen LogP contribution in [0.15, 0.2) is 29.4 Å². The van der Waals surface area contributed by atoms with Crippen LogP contribution in [0, 0.1) is 5.21 Å². The van der Waals surface area contributed by atoms with Crippen LogP contribution < -0.4 is 23.6 Å². The largest absolute Gasteiger partial charge is 1.00 e. The first kappa shape index (κ1) is 16.1. The van der Waals surface area contributed by atoms with E-state index in [4.69, 9.17) is 4.74 Å². The maximum atomic E-state index is 10.1. The number of nitrogens with zero attached hydrogens (tertiary/aromatic N) is 1.